The van der Waals surface area contributed by atoms with Gasteiger partial charge in [0.15, 0.2) is 11.5 Å². The highest BCUT2D eigenvalue weighted by atomic mass is 35.5. The molecule has 0 saturated carbocycles. The lowest BCUT2D eigenvalue weighted by molar-refractivity contribution is -0.462. The number of halogens is 1. The number of anilines is 2. The summed E-state index contributed by atoms with van der Waals surface area (Å²) in [5.74, 6) is -0.951. The summed E-state index contributed by atoms with van der Waals surface area (Å²) >= 11 is 6.10. The van der Waals surface area contributed by atoms with Crippen LogP contribution >= 0.6 is 11.6 Å². The number of nitrogens with two attached hydrogens (primary N) is 1. The zero-order valence-corrected chi connectivity index (χ0v) is 32.7. The van der Waals surface area contributed by atoms with Crippen molar-refractivity contribution in [3.63, 3.8) is 0 Å². The van der Waals surface area contributed by atoms with Gasteiger partial charge in [-0.25, -0.2) is 14.2 Å². The molecule has 3 aromatic carbocycles. The highest BCUT2D eigenvalue weighted by Gasteiger charge is 2.29. The molecule has 0 saturated heterocycles. The van der Waals surface area contributed by atoms with Crippen molar-refractivity contribution in [2.75, 3.05) is 45.4 Å². The third-order valence-corrected chi connectivity index (χ3v) is 9.89. The third kappa shape index (κ3) is 8.85. The van der Waals surface area contributed by atoms with Crippen molar-refractivity contribution in [1.29, 1.82) is 0 Å². The van der Waals surface area contributed by atoms with Crippen LogP contribution in [-0.4, -0.2) is 61.9 Å². The van der Waals surface area contributed by atoms with Gasteiger partial charge in [0, 0.05) is 55.0 Å². The Balaban J connectivity index is 0.000000274. The number of benzene rings is 3. The SMILES string of the molecule is CCCCCCC(=O)c1ccc(C2=C3C=CC(=[N+](C)C)C=C3Cc3cc(N(C)C)ccc32)c(C(=O)O)c1.CCCOc1oc(=O)c2cc(N)ccc2c1Cl. The number of allylic oxidation sites excluding steroid dienone is 5. The average Bonchev–Trinajstić information content (AvgIpc) is 3.15. The van der Waals surface area contributed by atoms with Crippen LogP contribution in [0.5, 0.6) is 5.95 Å². The number of rotatable bonds is 12. The van der Waals surface area contributed by atoms with Crippen molar-refractivity contribution < 1.29 is 28.4 Å². The second-order valence-electron chi connectivity index (χ2n) is 14.0. The number of carbonyl (C=O) groups is 2. The fourth-order valence-corrected chi connectivity index (χ4v) is 6.87. The van der Waals surface area contributed by atoms with Crippen LogP contribution in [0, 0.1) is 0 Å². The zero-order chi connectivity index (χ0) is 39.1. The van der Waals surface area contributed by atoms with Crippen LogP contribution in [-0.2, 0) is 6.42 Å². The van der Waals surface area contributed by atoms with E-state index in [-0.39, 0.29) is 17.3 Å². The van der Waals surface area contributed by atoms with Gasteiger partial charge in [0.1, 0.15) is 19.1 Å². The van der Waals surface area contributed by atoms with Gasteiger partial charge in [-0.15, -0.1) is 0 Å². The number of fused-ring (bicyclic) bond motifs is 3. The molecule has 2 aliphatic carbocycles. The van der Waals surface area contributed by atoms with Crippen molar-refractivity contribution in [2.24, 2.45) is 0 Å². The van der Waals surface area contributed by atoms with Crippen LogP contribution in [0.4, 0.5) is 11.4 Å². The van der Waals surface area contributed by atoms with E-state index in [1.807, 2.05) is 41.2 Å². The van der Waals surface area contributed by atoms with Crippen LogP contribution in [0.3, 0.4) is 0 Å². The zero-order valence-electron chi connectivity index (χ0n) is 31.9. The van der Waals surface area contributed by atoms with E-state index in [0.29, 0.717) is 45.6 Å². The summed E-state index contributed by atoms with van der Waals surface area (Å²) in [5, 5.41) is 11.5. The van der Waals surface area contributed by atoms with E-state index < -0.39 is 11.6 Å². The van der Waals surface area contributed by atoms with Gasteiger partial charge in [-0.2, -0.15) is 0 Å². The Morgan fingerprint density at radius 1 is 0.944 bits per heavy atom. The number of ether oxygens (including phenoxy) is 1. The van der Waals surface area contributed by atoms with E-state index in [1.165, 1.54) is 6.07 Å². The monoisotopic (exact) mass is 750 g/mol. The topological polar surface area (TPSA) is 126 Å². The predicted octanol–water partition coefficient (Wildman–Crippen LogP) is 8.99. The second kappa shape index (κ2) is 17.6. The molecule has 4 aromatic rings. The van der Waals surface area contributed by atoms with E-state index in [0.717, 1.165) is 77.8 Å². The molecule has 1 heterocycles. The number of hydrogen-bond donors (Lipinski definition) is 2. The minimum absolute atomic E-state index is 0.00541. The van der Waals surface area contributed by atoms with Gasteiger partial charge < -0.3 is 24.9 Å². The summed E-state index contributed by atoms with van der Waals surface area (Å²) in [6.07, 6.45) is 12.5. The number of aromatic carboxylic acids is 1. The Kier molecular flexibility index (Phi) is 13.0. The molecule has 10 heteroatoms. The Morgan fingerprint density at radius 2 is 1.70 bits per heavy atom. The van der Waals surface area contributed by atoms with Gasteiger partial charge in [0.25, 0.3) is 0 Å². The molecule has 1 aromatic heterocycles. The minimum atomic E-state index is -1.02. The van der Waals surface area contributed by atoms with Crippen LogP contribution < -0.4 is 21.0 Å². The molecule has 0 atom stereocenters. The summed E-state index contributed by atoms with van der Waals surface area (Å²) in [6, 6.07) is 16.5. The van der Waals surface area contributed by atoms with Gasteiger partial charge >= 0.3 is 17.5 Å². The largest absolute Gasteiger partial charge is 0.478 e. The molecule has 0 fully saturated rings. The summed E-state index contributed by atoms with van der Waals surface area (Å²) in [5.41, 5.74) is 14.4. The Hall–Kier alpha value is -5.41. The van der Waals surface area contributed by atoms with Crippen LogP contribution in [0.2, 0.25) is 5.02 Å². The number of unbranched alkanes of at least 4 members (excludes halogenated alkanes) is 3. The lowest BCUT2D eigenvalue weighted by Gasteiger charge is -2.28. The first-order valence-electron chi connectivity index (χ1n) is 18.4. The molecule has 0 unspecified atom stereocenters. The van der Waals surface area contributed by atoms with Crippen molar-refractivity contribution >= 4 is 56.8 Å². The summed E-state index contributed by atoms with van der Waals surface area (Å²) in [6.45, 7) is 4.54. The molecule has 9 nitrogen and oxygen atoms in total. The van der Waals surface area contributed by atoms with E-state index in [2.05, 4.69) is 52.8 Å². The Labute approximate surface area is 321 Å². The quantitative estimate of drug-likeness (QED) is 0.0636. The maximum atomic E-state index is 12.9. The maximum Gasteiger partial charge on any atom is 0.346 e. The van der Waals surface area contributed by atoms with E-state index in [4.69, 9.17) is 26.5 Å². The van der Waals surface area contributed by atoms with Crippen molar-refractivity contribution in [3.8, 4) is 5.95 Å². The number of nitrogens with zero attached hydrogens (tertiary/aromatic N) is 2. The Bertz CT molecular complexity index is 2270. The molecule has 0 bridgehead atoms. The molecule has 6 rings (SSSR count). The molecule has 0 spiro atoms. The molecule has 282 valence electrons. The third-order valence-electron chi connectivity index (χ3n) is 9.53. The van der Waals surface area contributed by atoms with Gasteiger partial charge in [-0.3, -0.25) is 4.79 Å². The normalized spacial score (nSPS) is 13.1. The van der Waals surface area contributed by atoms with Gasteiger partial charge in [-0.1, -0.05) is 69.0 Å². The fraction of sp³-hybridized carbons (Fsp3) is 0.318. The number of nitrogen functional groups attached to an aromatic ring is 1. The summed E-state index contributed by atoms with van der Waals surface area (Å²) < 4.78 is 12.4. The second-order valence-corrected chi connectivity index (χ2v) is 14.3. The van der Waals surface area contributed by atoms with Crippen LogP contribution in [0.15, 0.2) is 93.2 Å². The molecule has 0 amide bonds. The number of Topliss-reactive ketones (excluding diaryl/α,β-unsaturated/α-hetero) is 1. The van der Waals surface area contributed by atoms with Crippen molar-refractivity contribution in [3.05, 3.63) is 127 Å². The molecule has 0 radical (unpaired) electrons. The first-order valence-corrected chi connectivity index (χ1v) is 18.8. The molecule has 2 aliphatic rings. The average molecular weight is 751 g/mol. The van der Waals surface area contributed by atoms with Gasteiger partial charge in [0.2, 0.25) is 0 Å². The molecular weight excluding hydrogens is 702 g/mol. The first kappa shape index (κ1) is 39.8. The minimum Gasteiger partial charge on any atom is -0.478 e. The first-order chi connectivity index (χ1) is 25.8. The van der Waals surface area contributed by atoms with E-state index in [1.54, 1.807) is 24.3 Å². The highest BCUT2D eigenvalue weighted by molar-refractivity contribution is 6.36. The number of carboxylic acids is 1. The van der Waals surface area contributed by atoms with Crippen molar-refractivity contribution in [2.45, 2.75) is 58.8 Å². The summed E-state index contributed by atoms with van der Waals surface area (Å²) in [4.78, 5) is 39.2. The fourth-order valence-electron chi connectivity index (χ4n) is 6.61. The predicted molar refractivity (Wildman–Crippen MR) is 219 cm³/mol. The van der Waals surface area contributed by atoms with Crippen molar-refractivity contribution in [1.82, 2.24) is 0 Å². The number of carbonyl (C=O) groups excluding carboxylic acids is 1. The molecule has 3 N–H and O–H groups in total. The smallest absolute Gasteiger partial charge is 0.346 e. The van der Waals surface area contributed by atoms with Gasteiger partial charge in [0.05, 0.1) is 17.6 Å². The summed E-state index contributed by atoms with van der Waals surface area (Å²) in [7, 11) is 8.09. The van der Waals surface area contributed by atoms with E-state index in [9.17, 15) is 19.5 Å². The van der Waals surface area contributed by atoms with Gasteiger partial charge in [-0.05, 0) is 89.1 Å². The highest BCUT2D eigenvalue weighted by Crippen LogP contribution is 2.43. The number of carboxylic acid groups (broad SMARTS) is 1. The maximum absolute atomic E-state index is 12.9. The molecular formula is C44H49ClN3O6+. The Morgan fingerprint density at radius 3 is 2.39 bits per heavy atom. The lowest BCUT2D eigenvalue weighted by atomic mass is 9.76. The van der Waals surface area contributed by atoms with Crippen LogP contribution in [0.25, 0.3) is 16.3 Å². The number of hydrogen-bond acceptors (Lipinski definition) is 7. The number of ketones is 1. The molecule has 0 aliphatic heterocycles. The lowest BCUT2D eigenvalue weighted by Crippen LogP contribution is -2.18. The van der Waals surface area contributed by atoms with Crippen LogP contribution in [0.1, 0.15) is 89.8 Å². The molecule has 54 heavy (non-hydrogen) atoms. The van der Waals surface area contributed by atoms with E-state index >= 15 is 0 Å². The standard InChI is InChI=1S/C32H36N2O3.C12H12ClNO3/c1-6-7-8-9-10-30(35)21-11-14-28(29(20-21)32(36)37)31-26-15-12-24(33(2)3)18-22(26)17-23-19-25(34(4)5)13-16-27(23)31;1-2-5-16-12-10(13)8-4-3-7(14)6-9(8)11(15)17-12/h11-16,18-20H,6-10,17H2,1-5H3;3-4,6H,2,5,14H2,1H3/p+1.